The van der Waals surface area contributed by atoms with Crippen molar-refractivity contribution in [2.45, 2.75) is 45.9 Å². The second-order valence-corrected chi connectivity index (χ2v) is 6.33. The van der Waals surface area contributed by atoms with Gasteiger partial charge in [-0.15, -0.1) is 0 Å². The van der Waals surface area contributed by atoms with Crippen molar-refractivity contribution in [1.82, 2.24) is 9.97 Å². The summed E-state index contributed by atoms with van der Waals surface area (Å²) in [6.45, 7) is 7.40. The third-order valence-electron chi connectivity index (χ3n) is 3.61. The molecule has 0 saturated carbocycles. The molecule has 136 valence electrons. The molecular formula is C18H22F3N3O. The van der Waals surface area contributed by atoms with Crippen molar-refractivity contribution in [2.75, 3.05) is 11.9 Å². The molecule has 0 fully saturated rings. The second kappa shape index (κ2) is 7.29. The van der Waals surface area contributed by atoms with E-state index in [-0.39, 0.29) is 11.9 Å². The number of rotatable bonds is 5. The first-order chi connectivity index (χ1) is 11.6. The van der Waals surface area contributed by atoms with Crippen LogP contribution in [0, 0.1) is 0 Å². The van der Waals surface area contributed by atoms with Crippen molar-refractivity contribution < 1.29 is 17.9 Å². The summed E-state index contributed by atoms with van der Waals surface area (Å²) in [5.41, 5.74) is 0.920. The van der Waals surface area contributed by atoms with Crippen molar-refractivity contribution in [3.8, 4) is 5.88 Å². The van der Waals surface area contributed by atoms with E-state index < -0.39 is 23.7 Å². The molecule has 0 aliphatic heterocycles. The van der Waals surface area contributed by atoms with Crippen molar-refractivity contribution >= 4 is 11.6 Å². The highest BCUT2D eigenvalue weighted by atomic mass is 19.4. The van der Waals surface area contributed by atoms with E-state index in [2.05, 4.69) is 9.97 Å². The molecule has 4 nitrogen and oxygen atoms in total. The summed E-state index contributed by atoms with van der Waals surface area (Å²) >= 11 is 0. The van der Waals surface area contributed by atoms with E-state index in [0.29, 0.717) is 0 Å². The number of alkyl halides is 3. The van der Waals surface area contributed by atoms with E-state index in [1.807, 2.05) is 38.1 Å². The number of anilines is 2. The number of hydrogen-bond acceptors (Lipinski definition) is 4. The molecule has 1 aromatic heterocycles. The zero-order valence-corrected chi connectivity index (χ0v) is 14.9. The van der Waals surface area contributed by atoms with E-state index in [1.165, 1.54) is 0 Å². The lowest BCUT2D eigenvalue weighted by Gasteiger charge is -2.23. The molecule has 0 aliphatic rings. The van der Waals surface area contributed by atoms with Gasteiger partial charge in [-0.25, -0.2) is 4.98 Å². The Morgan fingerprint density at radius 1 is 1.08 bits per heavy atom. The lowest BCUT2D eigenvalue weighted by molar-refractivity contribution is -0.139. The van der Waals surface area contributed by atoms with Crippen LogP contribution in [0.1, 0.15) is 44.7 Å². The van der Waals surface area contributed by atoms with Gasteiger partial charge in [0.2, 0.25) is 11.8 Å². The summed E-state index contributed by atoms with van der Waals surface area (Å²) in [5, 5.41) is 0. The number of para-hydroxylation sites is 1. The Bertz CT molecular complexity index is 730. The summed E-state index contributed by atoms with van der Waals surface area (Å²) in [7, 11) is 1.73. The van der Waals surface area contributed by atoms with E-state index in [0.717, 1.165) is 17.4 Å². The average molecular weight is 353 g/mol. The topological polar surface area (TPSA) is 38.2 Å². The molecule has 0 saturated heterocycles. The standard InChI is InChI=1S/C18H22F3N3O/c1-11(2)13-8-6-7-9-15(13)24(5)17-22-10-14(18(19,20)21)16(23-17)25-12(3)4/h6-12H,1-5H3. The van der Waals surface area contributed by atoms with Gasteiger partial charge < -0.3 is 9.64 Å². The van der Waals surface area contributed by atoms with Gasteiger partial charge in [0.05, 0.1) is 6.10 Å². The minimum atomic E-state index is -4.57. The zero-order chi connectivity index (χ0) is 18.8. The van der Waals surface area contributed by atoms with E-state index in [4.69, 9.17) is 4.74 Å². The highest BCUT2D eigenvalue weighted by molar-refractivity contribution is 5.62. The van der Waals surface area contributed by atoms with Crippen LogP contribution in [0.5, 0.6) is 5.88 Å². The Hall–Kier alpha value is -2.31. The number of nitrogens with zero attached hydrogens (tertiary/aromatic N) is 3. The van der Waals surface area contributed by atoms with Gasteiger partial charge >= 0.3 is 6.18 Å². The Morgan fingerprint density at radius 3 is 2.28 bits per heavy atom. The summed E-state index contributed by atoms with van der Waals surface area (Å²) in [6, 6.07) is 7.66. The van der Waals surface area contributed by atoms with Crippen LogP contribution in [-0.2, 0) is 6.18 Å². The first-order valence-electron chi connectivity index (χ1n) is 8.04. The maximum atomic E-state index is 13.2. The van der Waals surface area contributed by atoms with Crippen LogP contribution in [0.3, 0.4) is 0 Å². The molecule has 0 amide bonds. The Balaban J connectivity index is 2.49. The molecule has 1 heterocycles. The van der Waals surface area contributed by atoms with Gasteiger partial charge in [-0.3, -0.25) is 0 Å². The fraction of sp³-hybridized carbons (Fsp3) is 0.444. The van der Waals surface area contributed by atoms with Crippen LogP contribution >= 0.6 is 0 Å². The predicted octanol–water partition coefficient (Wildman–Crippen LogP) is 5.17. The van der Waals surface area contributed by atoms with Crippen molar-refractivity contribution in [2.24, 2.45) is 0 Å². The Labute approximate surface area is 145 Å². The summed E-state index contributed by atoms with van der Waals surface area (Å²) < 4.78 is 44.7. The average Bonchev–Trinajstić information content (AvgIpc) is 2.52. The van der Waals surface area contributed by atoms with Gasteiger partial charge in [0, 0.05) is 18.9 Å². The van der Waals surface area contributed by atoms with Gasteiger partial charge in [-0.2, -0.15) is 18.2 Å². The van der Waals surface area contributed by atoms with Crippen LogP contribution in [0.25, 0.3) is 0 Å². The molecule has 0 unspecified atom stereocenters. The maximum Gasteiger partial charge on any atom is 0.423 e. The van der Waals surface area contributed by atoms with Crippen LogP contribution in [0.4, 0.5) is 24.8 Å². The molecule has 0 atom stereocenters. The normalized spacial score (nSPS) is 11.9. The van der Waals surface area contributed by atoms with Crippen LogP contribution < -0.4 is 9.64 Å². The molecule has 0 aliphatic carbocycles. The molecule has 2 rings (SSSR count). The minimum Gasteiger partial charge on any atom is -0.474 e. The Kier molecular flexibility index (Phi) is 5.55. The van der Waals surface area contributed by atoms with Gasteiger partial charge in [0.1, 0.15) is 5.56 Å². The molecule has 0 N–H and O–H groups in total. The molecule has 7 heteroatoms. The summed E-state index contributed by atoms with van der Waals surface area (Å²) in [4.78, 5) is 9.60. The van der Waals surface area contributed by atoms with Crippen LogP contribution in [-0.4, -0.2) is 23.1 Å². The first-order valence-corrected chi connectivity index (χ1v) is 8.04. The van der Waals surface area contributed by atoms with Gasteiger partial charge in [0.25, 0.3) is 0 Å². The zero-order valence-electron chi connectivity index (χ0n) is 14.9. The molecule has 0 spiro atoms. The smallest absolute Gasteiger partial charge is 0.423 e. The third kappa shape index (κ3) is 4.41. The molecule has 0 radical (unpaired) electrons. The van der Waals surface area contributed by atoms with E-state index in [9.17, 15) is 13.2 Å². The highest BCUT2D eigenvalue weighted by Gasteiger charge is 2.36. The molecule has 1 aromatic carbocycles. The fourth-order valence-corrected chi connectivity index (χ4v) is 2.42. The van der Waals surface area contributed by atoms with E-state index >= 15 is 0 Å². The van der Waals surface area contributed by atoms with Gasteiger partial charge in [-0.05, 0) is 31.4 Å². The quantitative estimate of drug-likeness (QED) is 0.743. The number of hydrogen-bond donors (Lipinski definition) is 0. The summed E-state index contributed by atoms with van der Waals surface area (Å²) in [5.74, 6) is -0.0578. The largest absolute Gasteiger partial charge is 0.474 e. The molecule has 25 heavy (non-hydrogen) atoms. The number of halogens is 3. The second-order valence-electron chi connectivity index (χ2n) is 6.33. The third-order valence-corrected chi connectivity index (χ3v) is 3.61. The lowest BCUT2D eigenvalue weighted by atomic mass is 10.0. The minimum absolute atomic E-state index is 0.150. The van der Waals surface area contributed by atoms with Crippen molar-refractivity contribution in [3.63, 3.8) is 0 Å². The summed E-state index contributed by atoms with van der Waals surface area (Å²) in [6.07, 6.45) is -4.23. The monoisotopic (exact) mass is 353 g/mol. The molecular weight excluding hydrogens is 331 g/mol. The van der Waals surface area contributed by atoms with E-state index in [1.54, 1.807) is 25.8 Å². The predicted molar refractivity (Wildman–Crippen MR) is 91.4 cm³/mol. The van der Waals surface area contributed by atoms with Crippen molar-refractivity contribution in [3.05, 3.63) is 41.6 Å². The van der Waals surface area contributed by atoms with Gasteiger partial charge in [-0.1, -0.05) is 32.0 Å². The molecule has 2 aromatic rings. The number of ether oxygens (including phenoxy) is 1. The SMILES string of the molecule is CC(C)Oc1nc(N(C)c2ccccc2C(C)C)ncc1C(F)(F)F. The van der Waals surface area contributed by atoms with Gasteiger partial charge in [0.15, 0.2) is 0 Å². The number of aromatic nitrogens is 2. The highest BCUT2D eigenvalue weighted by Crippen LogP contribution is 2.37. The van der Waals surface area contributed by atoms with Crippen molar-refractivity contribution in [1.29, 1.82) is 0 Å². The van der Waals surface area contributed by atoms with Crippen LogP contribution in [0.15, 0.2) is 30.5 Å². The lowest BCUT2D eigenvalue weighted by Crippen LogP contribution is -2.19. The Morgan fingerprint density at radius 2 is 1.72 bits per heavy atom. The number of benzene rings is 1. The maximum absolute atomic E-state index is 13.2. The first kappa shape index (κ1) is 19.0. The fourth-order valence-electron chi connectivity index (χ4n) is 2.42. The van der Waals surface area contributed by atoms with Crippen LogP contribution in [0.2, 0.25) is 0 Å². The molecule has 0 bridgehead atoms.